The Labute approximate surface area is 83.2 Å². The van der Waals surface area contributed by atoms with Crippen LogP contribution in [0.15, 0.2) is 0 Å². The average molecular weight is 254 g/mol. The first kappa shape index (κ1) is 11.0. The van der Waals surface area contributed by atoms with E-state index in [1.807, 2.05) is 0 Å². The predicted octanol–water partition coefficient (Wildman–Crippen LogP) is 3.40. The van der Waals surface area contributed by atoms with Crippen LogP contribution in [0.4, 0.5) is 0 Å². The first-order chi connectivity index (χ1) is 4.27. The molecule has 0 saturated carbocycles. The molecule has 9 heavy (non-hydrogen) atoms. The Kier molecular flexibility index (Phi) is 9.88. The highest BCUT2D eigenvalue weighted by atomic mass is 33.9. The van der Waals surface area contributed by atoms with E-state index < -0.39 is 0 Å². The Morgan fingerprint density at radius 3 is 2.44 bits per heavy atom. The summed E-state index contributed by atoms with van der Waals surface area (Å²) in [6.07, 6.45) is 0. The fourth-order valence-corrected chi connectivity index (χ4v) is 8.55. The van der Waals surface area contributed by atoms with Crippen molar-refractivity contribution >= 4 is 78.3 Å². The summed E-state index contributed by atoms with van der Waals surface area (Å²) in [6.45, 7) is 0. The van der Waals surface area contributed by atoms with Crippen LogP contribution in [0.2, 0.25) is 0 Å². The van der Waals surface area contributed by atoms with Crippen LogP contribution in [0.3, 0.4) is 0 Å². The third kappa shape index (κ3) is 9.99. The third-order valence-electron chi connectivity index (χ3n) is 0.202. The van der Waals surface area contributed by atoms with Gasteiger partial charge in [-0.2, -0.15) is 0 Å². The third-order valence-corrected chi connectivity index (χ3v) is 9.23. The van der Waals surface area contributed by atoms with Crippen LogP contribution in [0.25, 0.3) is 0 Å². The summed E-state index contributed by atoms with van der Waals surface area (Å²) < 4.78 is 0.470. The van der Waals surface area contributed by atoms with Crippen molar-refractivity contribution in [3.8, 4) is 0 Å². The summed E-state index contributed by atoms with van der Waals surface area (Å²) in [5, 5.41) is 0. The Balaban J connectivity index is 2.83. The molecule has 0 rings (SSSR count). The number of rotatable bonds is 4. The molecule has 0 unspecified atom stereocenters. The van der Waals surface area contributed by atoms with Crippen molar-refractivity contribution < 1.29 is 0 Å². The molecule has 0 atom stereocenters. The van der Waals surface area contributed by atoms with E-state index in [9.17, 15) is 0 Å². The molecule has 8 heteroatoms. The summed E-state index contributed by atoms with van der Waals surface area (Å²) in [5.74, 6) is 0. The fourth-order valence-electron chi connectivity index (χ4n) is 0.0712. The summed E-state index contributed by atoms with van der Waals surface area (Å²) >= 11 is 8.53. The molecule has 0 aliphatic carbocycles. The van der Waals surface area contributed by atoms with Crippen LogP contribution in [0.1, 0.15) is 0 Å². The number of nitrogens with two attached hydrogens (primary N) is 1. The minimum atomic E-state index is 0.470. The van der Waals surface area contributed by atoms with Crippen LogP contribution in [0, 0.1) is 0 Å². The summed E-state index contributed by atoms with van der Waals surface area (Å²) in [7, 11) is 7.52. The first-order valence-electron chi connectivity index (χ1n) is 1.55. The van der Waals surface area contributed by atoms with Gasteiger partial charge in [-0.05, 0) is 50.1 Å². The summed E-state index contributed by atoms with van der Waals surface area (Å²) in [6, 6.07) is 0. The second kappa shape index (κ2) is 8.09. The highest BCUT2D eigenvalue weighted by Gasteiger charge is 1.92. The molecule has 0 bridgehead atoms. The predicted molar refractivity (Wildman–Crippen MR) is 63.7 cm³/mol. The number of thiocarbonyl (C=S) groups is 1. The van der Waals surface area contributed by atoms with Gasteiger partial charge in [0.1, 0.15) is 4.32 Å². The fraction of sp³-hybridized carbons (Fsp3) is 0. The van der Waals surface area contributed by atoms with Gasteiger partial charge in [0, 0.05) is 0 Å². The quantitative estimate of drug-likeness (QED) is 0.343. The van der Waals surface area contributed by atoms with Gasteiger partial charge in [-0.1, -0.05) is 23.9 Å². The monoisotopic (exact) mass is 253 g/mol. The van der Waals surface area contributed by atoms with E-state index in [2.05, 4.69) is 23.9 Å². The molecule has 0 saturated heterocycles. The maximum atomic E-state index is 5.20. The van der Waals surface area contributed by atoms with Crippen molar-refractivity contribution in [1.29, 1.82) is 0 Å². The second-order valence-electron chi connectivity index (χ2n) is 0.681. The SMILES string of the molecule is NC(=S)SSSSSS. The molecule has 0 aromatic carbocycles. The van der Waals surface area contributed by atoms with Crippen LogP contribution < -0.4 is 5.73 Å². The molecule has 2 N–H and O–H groups in total. The lowest BCUT2D eigenvalue weighted by Gasteiger charge is -1.92. The van der Waals surface area contributed by atoms with Crippen molar-refractivity contribution in [3.05, 3.63) is 0 Å². The van der Waals surface area contributed by atoms with Crippen LogP contribution in [-0.2, 0) is 0 Å². The van der Waals surface area contributed by atoms with Gasteiger partial charge in [-0.3, -0.25) is 0 Å². The minimum absolute atomic E-state index is 0.470. The van der Waals surface area contributed by atoms with E-state index in [1.54, 1.807) is 29.5 Å². The zero-order valence-corrected chi connectivity index (χ0v) is 9.77. The second-order valence-corrected chi connectivity index (χ2v) is 9.73. The van der Waals surface area contributed by atoms with Gasteiger partial charge in [0.05, 0.1) is 0 Å². The van der Waals surface area contributed by atoms with Crippen molar-refractivity contribution in [2.75, 3.05) is 0 Å². The molecule has 1 nitrogen and oxygen atoms in total. The molecule has 54 valence electrons. The number of thiol groups is 1. The normalized spacial score (nSPS) is 9.44. The standard InChI is InChI=1S/CH3NS7/c2-1(3)5-7-9-8-6-4/h4H,(H2,2,3). The van der Waals surface area contributed by atoms with Gasteiger partial charge < -0.3 is 5.73 Å². The first-order valence-corrected chi connectivity index (χ1v) is 9.16. The lowest BCUT2D eigenvalue weighted by atomic mass is 11.5. The lowest BCUT2D eigenvalue weighted by molar-refractivity contribution is 1.91. The molecule has 0 aromatic heterocycles. The Morgan fingerprint density at radius 2 is 2.00 bits per heavy atom. The highest BCUT2D eigenvalue weighted by Crippen LogP contribution is 2.49. The van der Waals surface area contributed by atoms with Gasteiger partial charge in [0.15, 0.2) is 0 Å². The van der Waals surface area contributed by atoms with Gasteiger partial charge in [-0.25, -0.2) is 0 Å². The van der Waals surface area contributed by atoms with Crippen molar-refractivity contribution in [2.24, 2.45) is 5.73 Å². The number of hydrogen-bond donors (Lipinski definition) is 2. The maximum Gasteiger partial charge on any atom is 0.142 e. The molecular weight excluding hydrogens is 250 g/mol. The number of hydrogen-bond acceptors (Lipinski definition) is 7. The van der Waals surface area contributed by atoms with E-state index >= 15 is 0 Å². The smallest absolute Gasteiger partial charge is 0.142 e. The van der Waals surface area contributed by atoms with Crippen LogP contribution >= 0.6 is 74.0 Å². The Bertz CT molecular complexity index is 81.0. The van der Waals surface area contributed by atoms with Gasteiger partial charge >= 0.3 is 0 Å². The van der Waals surface area contributed by atoms with Crippen LogP contribution in [-0.4, -0.2) is 4.32 Å². The van der Waals surface area contributed by atoms with Gasteiger partial charge in [-0.15, -0.1) is 0 Å². The molecule has 0 aromatic rings. The molecular formula is CH3NS7. The molecule has 0 aliphatic heterocycles. The lowest BCUT2D eigenvalue weighted by Crippen LogP contribution is -1.98. The average Bonchev–Trinajstić information content (AvgIpc) is 1.80. The maximum absolute atomic E-state index is 5.20. The molecule has 0 radical (unpaired) electrons. The van der Waals surface area contributed by atoms with Gasteiger partial charge in [0.2, 0.25) is 0 Å². The van der Waals surface area contributed by atoms with Crippen molar-refractivity contribution in [1.82, 2.24) is 0 Å². The summed E-state index contributed by atoms with van der Waals surface area (Å²) in [5.41, 5.74) is 5.20. The molecule has 0 amide bonds. The molecule has 0 heterocycles. The van der Waals surface area contributed by atoms with Gasteiger partial charge in [0.25, 0.3) is 0 Å². The summed E-state index contributed by atoms with van der Waals surface area (Å²) in [4.78, 5) is 0. The largest absolute Gasteiger partial charge is 0.384 e. The molecule has 0 fully saturated rings. The van der Waals surface area contributed by atoms with E-state index in [4.69, 9.17) is 5.73 Å². The van der Waals surface area contributed by atoms with Crippen molar-refractivity contribution in [2.45, 2.75) is 0 Å². The molecule has 0 aliphatic rings. The minimum Gasteiger partial charge on any atom is -0.384 e. The topological polar surface area (TPSA) is 26.0 Å². The Morgan fingerprint density at radius 1 is 1.33 bits per heavy atom. The van der Waals surface area contributed by atoms with E-state index in [0.717, 1.165) is 0 Å². The highest BCUT2D eigenvalue weighted by molar-refractivity contribution is 9.41. The van der Waals surface area contributed by atoms with E-state index in [0.29, 0.717) is 4.32 Å². The Hall–Kier alpha value is 1.99. The van der Waals surface area contributed by atoms with Crippen molar-refractivity contribution in [3.63, 3.8) is 0 Å². The van der Waals surface area contributed by atoms with Crippen LogP contribution in [0.5, 0.6) is 0 Å². The van der Waals surface area contributed by atoms with E-state index in [1.165, 1.54) is 20.6 Å². The molecule has 0 spiro atoms. The zero-order chi connectivity index (χ0) is 7.11. The van der Waals surface area contributed by atoms with E-state index in [-0.39, 0.29) is 0 Å². The zero-order valence-electron chi connectivity index (χ0n) is 3.97.